The molecule has 0 spiro atoms. The lowest BCUT2D eigenvalue weighted by Gasteiger charge is -2.22. The summed E-state index contributed by atoms with van der Waals surface area (Å²) in [6.45, 7) is 3.40. The van der Waals surface area contributed by atoms with Crippen LogP contribution in [0.3, 0.4) is 0 Å². The van der Waals surface area contributed by atoms with Crippen LogP contribution in [-0.4, -0.2) is 31.6 Å². The molecule has 0 aliphatic carbocycles. The predicted octanol–water partition coefficient (Wildman–Crippen LogP) is -0.574. The molecule has 0 aromatic heterocycles. The van der Waals surface area contributed by atoms with Crippen LogP contribution in [-0.2, 0) is 9.47 Å². The number of ether oxygens (including phenoxy) is 2. The predicted molar refractivity (Wildman–Crippen MR) is 42.0 cm³/mol. The molecule has 4 nitrogen and oxygen atoms in total. The van der Waals surface area contributed by atoms with Crippen molar-refractivity contribution in [2.75, 3.05) is 19.7 Å². The summed E-state index contributed by atoms with van der Waals surface area (Å²) in [5, 5.41) is 0. The Bertz CT molecular complexity index is 126. The Kier molecular flexibility index (Phi) is 2.84. The van der Waals surface area contributed by atoms with Crippen molar-refractivity contribution < 1.29 is 9.47 Å². The van der Waals surface area contributed by atoms with Crippen molar-refractivity contribution in [3.05, 3.63) is 0 Å². The molecule has 0 amide bonds. The third kappa shape index (κ3) is 1.70. The molecule has 1 atom stereocenters. The van der Waals surface area contributed by atoms with Crippen molar-refractivity contribution in [3.8, 4) is 0 Å². The molecule has 1 heterocycles. The summed E-state index contributed by atoms with van der Waals surface area (Å²) in [5.41, 5.74) is 10.6. The Hall–Kier alpha value is -0.160. The van der Waals surface area contributed by atoms with Crippen LogP contribution in [0.25, 0.3) is 0 Å². The smallest absolute Gasteiger partial charge is 0.158 e. The van der Waals surface area contributed by atoms with Crippen LogP contribution in [0.2, 0.25) is 0 Å². The molecule has 0 aromatic rings. The van der Waals surface area contributed by atoms with Gasteiger partial charge in [0.15, 0.2) is 6.29 Å². The molecule has 1 aliphatic rings. The molecule has 0 radical (unpaired) electrons. The van der Waals surface area contributed by atoms with Crippen molar-refractivity contribution in [1.29, 1.82) is 0 Å². The van der Waals surface area contributed by atoms with Gasteiger partial charge in [-0.15, -0.1) is 0 Å². The second-order valence-corrected chi connectivity index (χ2v) is 2.86. The van der Waals surface area contributed by atoms with E-state index in [2.05, 4.69) is 0 Å². The number of rotatable bonds is 3. The van der Waals surface area contributed by atoms with Gasteiger partial charge >= 0.3 is 0 Å². The van der Waals surface area contributed by atoms with E-state index in [9.17, 15) is 0 Å². The highest BCUT2D eigenvalue weighted by atomic mass is 16.7. The van der Waals surface area contributed by atoms with Crippen LogP contribution in [0, 0.1) is 0 Å². The number of nitrogens with two attached hydrogens (primary N) is 2. The van der Waals surface area contributed by atoms with Crippen LogP contribution in [0.4, 0.5) is 0 Å². The first-order valence-corrected chi connectivity index (χ1v) is 3.96. The maximum absolute atomic E-state index is 5.52. The third-order valence-electron chi connectivity index (χ3n) is 1.99. The summed E-state index contributed by atoms with van der Waals surface area (Å²) < 4.78 is 10.8. The Morgan fingerprint density at radius 2 is 2.09 bits per heavy atom. The van der Waals surface area contributed by atoms with Gasteiger partial charge in [-0.1, -0.05) is 6.92 Å². The van der Waals surface area contributed by atoms with Crippen molar-refractivity contribution >= 4 is 0 Å². The molecule has 1 unspecified atom stereocenters. The monoisotopic (exact) mass is 160 g/mol. The van der Waals surface area contributed by atoms with Crippen LogP contribution in [0.5, 0.6) is 0 Å². The van der Waals surface area contributed by atoms with Crippen molar-refractivity contribution in [2.24, 2.45) is 11.5 Å². The molecule has 4 N–H and O–H groups in total. The van der Waals surface area contributed by atoms with E-state index in [1.807, 2.05) is 6.92 Å². The largest absolute Gasteiger partial charge is 0.350 e. The summed E-state index contributed by atoms with van der Waals surface area (Å²) in [5.74, 6) is 0. The van der Waals surface area contributed by atoms with E-state index in [4.69, 9.17) is 20.9 Å². The minimum absolute atomic E-state index is 0.109. The zero-order chi connectivity index (χ0) is 8.32. The van der Waals surface area contributed by atoms with Gasteiger partial charge in [0.05, 0.1) is 6.61 Å². The van der Waals surface area contributed by atoms with Gasteiger partial charge in [0.1, 0.15) is 5.60 Å². The fourth-order valence-electron chi connectivity index (χ4n) is 1.09. The molecule has 0 aromatic carbocycles. The molecule has 0 bridgehead atoms. The van der Waals surface area contributed by atoms with Crippen LogP contribution in [0.1, 0.15) is 13.3 Å². The third-order valence-corrected chi connectivity index (χ3v) is 1.99. The van der Waals surface area contributed by atoms with Gasteiger partial charge in [-0.3, -0.25) is 0 Å². The van der Waals surface area contributed by atoms with E-state index in [0.29, 0.717) is 19.7 Å². The zero-order valence-corrected chi connectivity index (χ0v) is 6.88. The topological polar surface area (TPSA) is 70.5 Å². The second kappa shape index (κ2) is 3.49. The summed E-state index contributed by atoms with van der Waals surface area (Å²) >= 11 is 0. The second-order valence-electron chi connectivity index (χ2n) is 2.86. The molecular formula is C7H16N2O2. The quantitative estimate of drug-likeness (QED) is 0.580. The van der Waals surface area contributed by atoms with Crippen molar-refractivity contribution in [2.45, 2.75) is 25.2 Å². The molecule has 1 saturated heterocycles. The first-order chi connectivity index (χ1) is 5.26. The normalized spacial score (nSPS) is 29.2. The Morgan fingerprint density at radius 3 is 2.36 bits per heavy atom. The summed E-state index contributed by atoms with van der Waals surface area (Å²) in [6.07, 6.45) is 0.740. The van der Waals surface area contributed by atoms with Gasteiger partial charge in [-0.2, -0.15) is 0 Å². The highest BCUT2D eigenvalue weighted by Gasteiger charge is 2.38. The van der Waals surface area contributed by atoms with Gasteiger partial charge in [0.25, 0.3) is 0 Å². The average Bonchev–Trinajstić information content (AvgIpc) is 2.49. The van der Waals surface area contributed by atoms with Crippen molar-refractivity contribution in [1.82, 2.24) is 0 Å². The first kappa shape index (κ1) is 8.93. The van der Waals surface area contributed by atoms with Crippen molar-refractivity contribution in [3.63, 3.8) is 0 Å². The fraction of sp³-hybridized carbons (Fsp3) is 1.00. The lowest BCUT2D eigenvalue weighted by atomic mass is 10.1. The fourth-order valence-corrected chi connectivity index (χ4v) is 1.09. The summed E-state index contributed by atoms with van der Waals surface area (Å²) in [4.78, 5) is 0. The van der Waals surface area contributed by atoms with Gasteiger partial charge in [-0.05, 0) is 6.42 Å². The lowest BCUT2D eigenvalue weighted by molar-refractivity contribution is -0.0843. The Labute approximate surface area is 66.8 Å². The minimum Gasteiger partial charge on any atom is -0.350 e. The zero-order valence-electron chi connectivity index (χ0n) is 6.88. The molecule has 0 saturated carbocycles. The maximum atomic E-state index is 5.52. The highest BCUT2D eigenvalue weighted by Crippen LogP contribution is 2.22. The van der Waals surface area contributed by atoms with E-state index in [1.54, 1.807) is 0 Å². The molecule has 1 rings (SSSR count). The average molecular weight is 160 g/mol. The lowest BCUT2D eigenvalue weighted by Crippen LogP contribution is -2.47. The van der Waals surface area contributed by atoms with Gasteiger partial charge in [0.2, 0.25) is 0 Å². The minimum atomic E-state index is -0.416. The summed E-state index contributed by atoms with van der Waals surface area (Å²) in [7, 11) is 0. The molecule has 1 fully saturated rings. The van der Waals surface area contributed by atoms with Crippen LogP contribution >= 0.6 is 0 Å². The van der Waals surface area contributed by atoms with Gasteiger partial charge in [-0.25, -0.2) is 0 Å². The van der Waals surface area contributed by atoms with E-state index in [1.165, 1.54) is 0 Å². The maximum Gasteiger partial charge on any atom is 0.158 e. The van der Waals surface area contributed by atoms with E-state index < -0.39 is 5.60 Å². The van der Waals surface area contributed by atoms with Crippen LogP contribution < -0.4 is 11.5 Å². The van der Waals surface area contributed by atoms with Gasteiger partial charge < -0.3 is 20.9 Å². The molecular weight excluding hydrogens is 144 g/mol. The highest BCUT2D eigenvalue weighted by molar-refractivity contribution is 4.86. The van der Waals surface area contributed by atoms with Gasteiger partial charge in [0, 0.05) is 13.1 Å². The summed E-state index contributed by atoms with van der Waals surface area (Å²) in [6, 6.07) is 0. The molecule has 66 valence electrons. The molecule has 1 aliphatic heterocycles. The standard InChI is InChI=1S/C7H16N2O2/c1-2-6-10-5-7(3-8,4-9)11-6/h6H,2-5,8-9H2,1H3. The Balaban J connectivity index is 2.48. The first-order valence-electron chi connectivity index (χ1n) is 3.96. The van der Waals surface area contributed by atoms with E-state index >= 15 is 0 Å². The SMILES string of the molecule is CCC1OCC(CN)(CN)O1. The number of hydrogen-bond acceptors (Lipinski definition) is 4. The molecule has 11 heavy (non-hydrogen) atoms. The Morgan fingerprint density at radius 1 is 1.45 bits per heavy atom. The number of hydrogen-bond donors (Lipinski definition) is 2. The van der Waals surface area contributed by atoms with Crippen LogP contribution in [0.15, 0.2) is 0 Å². The van der Waals surface area contributed by atoms with E-state index in [0.717, 1.165) is 6.42 Å². The van der Waals surface area contributed by atoms with E-state index in [-0.39, 0.29) is 6.29 Å². The molecule has 4 heteroatoms.